The van der Waals surface area contributed by atoms with E-state index in [0.29, 0.717) is 0 Å². The van der Waals surface area contributed by atoms with Crippen LogP contribution in [0.2, 0.25) is 0 Å². The summed E-state index contributed by atoms with van der Waals surface area (Å²) >= 11 is 1.61. The zero-order chi connectivity index (χ0) is 15.8. The van der Waals surface area contributed by atoms with E-state index in [1.54, 1.807) is 18.3 Å². The molecule has 0 saturated heterocycles. The number of aryl methyl sites for hydroxylation is 2. The van der Waals surface area contributed by atoms with Gasteiger partial charge in [0, 0.05) is 21.5 Å². The van der Waals surface area contributed by atoms with Crippen molar-refractivity contribution in [1.82, 2.24) is 4.72 Å². The molecule has 2 rings (SSSR count). The van der Waals surface area contributed by atoms with Gasteiger partial charge in [-0.15, -0.1) is 11.3 Å². The normalized spacial score (nSPS) is 13.3. The Bertz CT molecular complexity index is 749. The highest BCUT2D eigenvalue weighted by Crippen LogP contribution is 2.27. The van der Waals surface area contributed by atoms with Gasteiger partial charge in [0.05, 0.1) is 4.90 Å². The van der Waals surface area contributed by atoms with Crippen molar-refractivity contribution >= 4 is 27.0 Å². The van der Waals surface area contributed by atoms with E-state index in [0.717, 1.165) is 27.5 Å². The number of anilines is 1. The molecule has 21 heavy (non-hydrogen) atoms. The van der Waals surface area contributed by atoms with Crippen LogP contribution in [0.4, 0.5) is 10.1 Å². The number of rotatable bonds is 4. The van der Waals surface area contributed by atoms with Crippen LogP contribution in [0.5, 0.6) is 0 Å². The van der Waals surface area contributed by atoms with E-state index < -0.39 is 21.9 Å². The lowest BCUT2D eigenvalue weighted by atomic mass is 10.1. The Balaban J connectivity index is 2.30. The van der Waals surface area contributed by atoms with Crippen molar-refractivity contribution in [3.8, 4) is 0 Å². The highest BCUT2D eigenvalue weighted by atomic mass is 32.2. The summed E-state index contributed by atoms with van der Waals surface area (Å²) in [4.78, 5) is 2.00. The first-order valence-electron chi connectivity index (χ1n) is 6.34. The first-order valence-corrected chi connectivity index (χ1v) is 8.64. The van der Waals surface area contributed by atoms with E-state index in [1.165, 1.54) is 6.07 Å². The number of nitrogens with one attached hydrogen (secondary N) is 1. The maximum absolute atomic E-state index is 13.3. The molecule has 0 spiro atoms. The number of nitrogen functional groups attached to an aromatic ring is 1. The fourth-order valence-electron chi connectivity index (χ4n) is 2.18. The summed E-state index contributed by atoms with van der Waals surface area (Å²) in [7, 11) is -3.83. The second kappa shape index (κ2) is 5.75. The number of benzene rings is 1. The van der Waals surface area contributed by atoms with Gasteiger partial charge in [0.15, 0.2) is 0 Å². The predicted molar refractivity (Wildman–Crippen MR) is 83.3 cm³/mol. The van der Waals surface area contributed by atoms with Gasteiger partial charge in [-0.3, -0.25) is 0 Å². The molecule has 0 aliphatic carbocycles. The minimum atomic E-state index is -3.83. The molecule has 0 aliphatic rings. The molecular weight excluding hydrogens is 311 g/mol. The Labute approximate surface area is 127 Å². The number of hydrogen-bond acceptors (Lipinski definition) is 4. The van der Waals surface area contributed by atoms with Crippen LogP contribution in [0.3, 0.4) is 0 Å². The van der Waals surface area contributed by atoms with E-state index in [9.17, 15) is 12.8 Å². The third-order valence-corrected chi connectivity index (χ3v) is 5.58. The van der Waals surface area contributed by atoms with Gasteiger partial charge >= 0.3 is 0 Å². The van der Waals surface area contributed by atoms with Crippen molar-refractivity contribution in [2.45, 2.75) is 31.7 Å². The molecule has 1 aromatic carbocycles. The van der Waals surface area contributed by atoms with Crippen LogP contribution in [0.15, 0.2) is 29.2 Å². The van der Waals surface area contributed by atoms with Crippen LogP contribution < -0.4 is 10.5 Å². The van der Waals surface area contributed by atoms with Crippen molar-refractivity contribution < 1.29 is 12.8 Å². The zero-order valence-electron chi connectivity index (χ0n) is 12.0. The molecule has 0 radical (unpaired) electrons. The Hall–Kier alpha value is -1.44. The van der Waals surface area contributed by atoms with Gasteiger partial charge in [-0.05, 0) is 50.6 Å². The molecule has 1 unspecified atom stereocenters. The van der Waals surface area contributed by atoms with Crippen LogP contribution in [0, 0.1) is 19.7 Å². The highest BCUT2D eigenvalue weighted by Gasteiger charge is 2.21. The lowest BCUT2D eigenvalue weighted by molar-refractivity contribution is 0.564. The average molecular weight is 328 g/mol. The van der Waals surface area contributed by atoms with E-state index >= 15 is 0 Å². The molecule has 0 bridgehead atoms. The van der Waals surface area contributed by atoms with Crippen molar-refractivity contribution in [3.63, 3.8) is 0 Å². The van der Waals surface area contributed by atoms with Gasteiger partial charge in [0.25, 0.3) is 0 Å². The standard InChI is InChI=1S/C14H17FN2O2S2/c1-8-4-14(10(3)20-8)9(2)17-21(18,19)13-6-11(15)5-12(16)7-13/h4-7,9,17H,16H2,1-3H3. The van der Waals surface area contributed by atoms with Crippen molar-refractivity contribution in [2.24, 2.45) is 0 Å². The molecule has 0 saturated carbocycles. The maximum atomic E-state index is 13.3. The molecule has 0 aliphatic heterocycles. The van der Waals surface area contributed by atoms with E-state index in [2.05, 4.69) is 4.72 Å². The summed E-state index contributed by atoms with van der Waals surface area (Å²) in [5, 5.41) is 0. The predicted octanol–water partition coefficient (Wildman–Crippen LogP) is 3.13. The Morgan fingerprint density at radius 1 is 1.24 bits per heavy atom. The smallest absolute Gasteiger partial charge is 0.241 e. The van der Waals surface area contributed by atoms with Crippen molar-refractivity contribution in [1.29, 1.82) is 0 Å². The largest absolute Gasteiger partial charge is 0.399 e. The molecule has 2 aromatic rings. The maximum Gasteiger partial charge on any atom is 0.241 e. The quantitative estimate of drug-likeness (QED) is 0.847. The van der Waals surface area contributed by atoms with Crippen molar-refractivity contribution in [2.75, 3.05) is 5.73 Å². The molecule has 1 atom stereocenters. The summed E-state index contributed by atoms with van der Waals surface area (Å²) in [5.74, 6) is -0.675. The third kappa shape index (κ3) is 3.61. The zero-order valence-corrected chi connectivity index (χ0v) is 13.6. The van der Waals surface area contributed by atoms with Gasteiger partial charge in [0.2, 0.25) is 10.0 Å². The molecule has 4 nitrogen and oxygen atoms in total. The van der Waals surface area contributed by atoms with Gasteiger partial charge in [0.1, 0.15) is 5.82 Å². The van der Waals surface area contributed by atoms with E-state index in [4.69, 9.17) is 5.73 Å². The molecule has 0 fully saturated rings. The Kier molecular flexibility index (Phi) is 4.36. The Morgan fingerprint density at radius 3 is 2.43 bits per heavy atom. The molecule has 3 N–H and O–H groups in total. The lowest BCUT2D eigenvalue weighted by Crippen LogP contribution is -2.27. The van der Waals surface area contributed by atoms with Gasteiger partial charge in [-0.2, -0.15) is 0 Å². The van der Waals surface area contributed by atoms with Crippen LogP contribution in [0.25, 0.3) is 0 Å². The number of thiophene rings is 1. The van der Waals surface area contributed by atoms with Gasteiger partial charge in [-0.25, -0.2) is 17.5 Å². The molecule has 1 heterocycles. The SMILES string of the molecule is Cc1cc(C(C)NS(=O)(=O)c2cc(N)cc(F)c2)c(C)s1. The Morgan fingerprint density at radius 2 is 1.90 bits per heavy atom. The second-order valence-electron chi connectivity index (χ2n) is 4.93. The molecule has 1 aromatic heterocycles. The molecule has 0 amide bonds. The van der Waals surface area contributed by atoms with Crippen molar-refractivity contribution in [3.05, 3.63) is 45.4 Å². The summed E-state index contributed by atoms with van der Waals surface area (Å²) in [6, 6.07) is 4.83. The first-order chi connectivity index (χ1) is 9.69. The van der Waals surface area contributed by atoms with Gasteiger partial charge in [-0.1, -0.05) is 0 Å². The third-order valence-electron chi connectivity index (χ3n) is 3.08. The topological polar surface area (TPSA) is 72.2 Å². The molecular formula is C14H17FN2O2S2. The summed E-state index contributed by atoms with van der Waals surface area (Å²) in [6.45, 7) is 5.67. The van der Waals surface area contributed by atoms with E-state index in [-0.39, 0.29) is 10.6 Å². The first kappa shape index (κ1) is 15.9. The number of hydrogen-bond donors (Lipinski definition) is 2. The lowest BCUT2D eigenvalue weighted by Gasteiger charge is -2.14. The van der Waals surface area contributed by atoms with Crippen LogP contribution in [-0.4, -0.2) is 8.42 Å². The van der Waals surface area contributed by atoms with Crippen LogP contribution >= 0.6 is 11.3 Å². The average Bonchev–Trinajstić information content (AvgIpc) is 2.66. The molecule has 7 heteroatoms. The molecule has 114 valence electrons. The minimum absolute atomic E-state index is 0.0746. The fraction of sp³-hybridized carbons (Fsp3) is 0.286. The van der Waals surface area contributed by atoms with Crippen LogP contribution in [-0.2, 0) is 10.0 Å². The summed E-state index contributed by atoms with van der Waals surface area (Å²) in [5.41, 5.74) is 6.49. The summed E-state index contributed by atoms with van der Waals surface area (Å²) < 4.78 is 40.5. The van der Waals surface area contributed by atoms with Crippen LogP contribution in [0.1, 0.15) is 28.3 Å². The number of nitrogens with two attached hydrogens (primary N) is 1. The number of sulfonamides is 1. The summed E-state index contributed by atoms with van der Waals surface area (Å²) in [6.07, 6.45) is 0. The fourth-order valence-corrected chi connectivity index (χ4v) is 4.49. The van der Waals surface area contributed by atoms with Gasteiger partial charge < -0.3 is 5.73 Å². The second-order valence-corrected chi connectivity index (χ2v) is 8.11. The monoisotopic (exact) mass is 328 g/mol. The van der Waals surface area contributed by atoms with E-state index in [1.807, 2.05) is 19.9 Å². The number of halogens is 1. The highest BCUT2D eigenvalue weighted by molar-refractivity contribution is 7.89. The minimum Gasteiger partial charge on any atom is -0.399 e.